The molecule has 1 aliphatic heterocycles. The number of carbonyl (C=O) groups excluding carboxylic acids is 1. The normalized spacial score (nSPS) is 24.5. The minimum absolute atomic E-state index is 0.272. The maximum atomic E-state index is 14.0. The number of primary amides is 1. The second kappa shape index (κ2) is 6.12. The van der Waals surface area contributed by atoms with E-state index in [9.17, 15) is 9.18 Å². The van der Waals surface area contributed by atoms with Gasteiger partial charge in [0.25, 0.3) is 0 Å². The van der Waals surface area contributed by atoms with Crippen LogP contribution in [0.25, 0.3) is 0 Å². The van der Waals surface area contributed by atoms with Crippen molar-refractivity contribution in [2.24, 2.45) is 5.73 Å². The predicted molar refractivity (Wildman–Crippen MR) is 88.8 cm³/mol. The molecule has 2 saturated carbocycles. The molecule has 3 nitrogen and oxygen atoms in total. The summed E-state index contributed by atoms with van der Waals surface area (Å²) in [7, 11) is 0. The number of nitrogens with two attached hydrogens (primary N) is 1. The molecule has 2 N–H and O–H groups in total. The summed E-state index contributed by atoms with van der Waals surface area (Å²) in [5.74, 6) is -0.569. The molecule has 0 aromatic heterocycles. The van der Waals surface area contributed by atoms with E-state index in [1.807, 2.05) is 0 Å². The standard InChI is InChI=1S/C18H23AsFNO2/c20-16-8-7-14(18(21)22)15-9-13(10-23-17(15)16)19(11-3-1-4-11)12-5-2-6-12/h7-8,11-13H,1-6,9-10H2,(H2,21,22)/t13-/m1/s1. The molecule has 4 rings (SSSR count). The monoisotopic (exact) mass is 379 g/mol. The van der Waals surface area contributed by atoms with Crippen molar-refractivity contribution in [3.05, 3.63) is 29.1 Å². The van der Waals surface area contributed by atoms with Gasteiger partial charge in [-0.3, -0.25) is 0 Å². The van der Waals surface area contributed by atoms with Gasteiger partial charge in [0.15, 0.2) is 0 Å². The molecule has 1 amide bonds. The molecule has 0 spiro atoms. The summed E-state index contributed by atoms with van der Waals surface area (Å²) in [5.41, 5.74) is 6.67. The quantitative estimate of drug-likeness (QED) is 0.809. The van der Waals surface area contributed by atoms with Gasteiger partial charge in [0.2, 0.25) is 0 Å². The summed E-state index contributed by atoms with van der Waals surface area (Å²) in [6, 6.07) is 2.82. The second-order valence-corrected chi connectivity index (χ2v) is 13.5. The van der Waals surface area contributed by atoms with Gasteiger partial charge in [-0.2, -0.15) is 0 Å². The molecule has 0 unspecified atom stereocenters. The molecule has 1 aromatic rings. The van der Waals surface area contributed by atoms with Gasteiger partial charge in [-0.05, 0) is 0 Å². The first-order valence-electron chi connectivity index (χ1n) is 8.66. The number of amides is 1. The van der Waals surface area contributed by atoms with Gasteiger partial charge in [0.1, 0.15) is 0 Å². The van der Waals surface area contributed by atoms with Crippen LogP contribution in [0.3, 0.4) is 0 Å². The molecule has 2 fully saturated rings. The van der Waals surface area contributed by atoms with Crippen LogP contribution in [-0.2, 0) is 6.42 Å². The third-order valence-corrected chi connectivity index (χ3v) is 13.9. The van der Waals surface area contributed by atoms with Crippen molar-refractivity contribution in [2.75, 3.05) is 6.61 Å². The molecule has 124 valence electrons. The van der Waals surface area contributed by atoms with Crippen LogP contribution in [0, 0.1) is 5.82 Å². The first-order chi connectivity index (χ1) is 11.1. The fraction of sp³-hybridized carbons (Fsp3) is 0.611. The number of fused-ring (bicyclic) bond motifs is 1. The SMILES string of the molecule is NC(=O)c1ccc(F)c2c1C[C@@H]([As](C1CCC1)C1CCC1)CO2. The van der Waals surface area contributed by atoms with Crippen LogP contribution in [-0.4, -0.2) is 27.2 Å². The average Bonchev–Trinajstić information content (AvgIpc) is 2.42. The molecule has 1 heterocycles. The summed E-state index contributed by atoms with van der Waals surface area (Å²) in [6.45, 7) is 0.638. The van der Waals surface area contributed by atoms with E-state index in [2.05, 4.69) is 0 Å². The number of carbonyl (C=O) groups is 1. The van der Waals surface area contributed by atoms with Crippen LogP contribution < -0.4 is 10.5 Å². The van der Waals surface area contributed by atoms with Crippen molar-refractivity contribution in [3.8, 4) is 5.75 Å². The summed E-state index contributed by atoms with van der Waals surface area (Å²) < 4.78 is 22.3. The summed E-state index contributed by atoms with van der Waals surface area (Å²) in [4.78, 5) is 11.7. The molecule has 1 atom stereocenters. The van der Waals surface area contributed by atoms with Crippen molar-refractivity contribution in [3.63, 3.8) is 0 Å². The molecule has 3 aliphatic rings. The molecule has 0 radical (unpaired) electrons. The Morgan fingerprint density at radius 3 is 2.30 bits per heavy atom. The zero-order chi connectivity index (χ0) is 16.0. The summed E-state index contributed by atoms with van der Waals surface area (Å²) in [5, 5.41) is 0. The van der Waals surface area contributed by atoms with Gasteiger partial charge < -0.3 is 0 Å². The molecule has 23 heavy (non-hydrogen) atoms. The van der Waals surface area contributed by atoms with E-state index < -0.39 is 20.6 Å². The van der Waals surface area contributed by atoms with Crippen molar-refractivity contribution < 1.29 is 13.9 Å². The van der Waals surface area contributed by atoms with E-state index in [1.165, 1.54) is 50.7 Å². The summed E-state index contributed by atoms with van der Waals surface area (Å²) in [6.07, 6.45) is 9.05. The van der Waals surface area contributed by atoms with E-state index in [0.29, 0.717) is 16.9 Å². The van der Waals surface area contributed by atoms with E-state index in [1.54, 1.807) is 0 Å². The molecule has 0 saturated heterocycles. The van der Waals surface area contributed by atoms with Gasteiger partial charge in [0.05, 0.1) is 0 Å². The fourth-order valence-corrected chi connectivity index (χ4v) is 13.2. The summed E-state index contributed by atoms with van der Waals surface area (Å²) >= 11 is -1.04. The number of benzene rings is 1. The van der Waals surface area contributed by atoms with E-state index in [-0.39, 0.29) is 11.6 Å². The van der Waals surface area contributed by atoms with Crippen LogP contribution >= 0.6 is 0 Å². The third-order valence-electron chi connectivity index (χ3n) is 5.75. The van der Waals surface area contributed by atoms with Crippen LogP contribution in [0.4, 0.5) is 4.39 Å². The number of rotatable bonds is 4. The number of halogens is 1. The average molecular weight is 379 g/mol. The Hall–Kier alpha value is -1.02. The fourth-order valence-electron chi connectivity index (χ4n) is 4.12. The Balaban J connectivity index is 1.64. The van der Waals surface area contributed by atoms with Gasteiger partial charge in [-0.1, -0.05) is 0 Å². The maximum absolute atomic E-state index is 14.0. The van der Waals surface area contributed by atoms with Gasteiger partial charge >= 0.3 is 141 Å². The second-order valence-electron chi connectivity index (χ2n) is 7.05. The minimum atomic E-state index is -1.04. The van der Waals surface area contributed by atoms with Gasteiger partial charge in [0, 0.05) is 0 Å². The van der Waals surface area contributed by atoms with Crippen molar-refractivity contribution >= 4 is 20.6 Å². The Kier molecular flexibility index (Phi) is 4.13. The first kappa shape index (κ1) is 15.5. The number of ether oxygens (including phenoxy) is 1. The Morgan fingerprint density at radius 1 is 1.13 bits per heavy atom. The predicted octanol–water partition coefficient (Wildman–Crippen LogP) is 3.83. The molecular weight excluding hydrogens is 356 g/mol. The molecule has 0 bridgehead atoms. The van der Waals surface area contributed by atoms with Crippen LogP contribution in [0.5, 0.6) is 5.75 Å². The number of hydrogen-bond acceptors (Lipinski definition) is 2. The zero-order valence-corrected chi connectivity index (χ0v) is 15.1. The topological polar surface area (TPSA) is 52.3 Å². The Bertz CT molecular complexity index is 614. The van der Waals surface area contributed by atoms with E-state index in [4.69, 9.17) is 10.5 Å². The Morgan fingerprint density at radius 2 is 1.78 bits per heavy atom. The van der Waals surface area contributed by atoms with Crippen molar-refractivity contribution in [1.29, 1.82) is 0 Å². The van der Waals surface area contributed by atoms with Crippen molar-refractivity contribution in [2.45, 2.75) is 59.1 Å². The van der Waals surface area contributed by atoms with E-state index >= 15 is 0 Å². The van der Waals surface area contributed by atoms with Crippen LogP contribution in [0.1, 0.15) is 54.4 Å². The van der Waals surface area contributed by atoms with Crippen LogP contribution in [0.2, 0.25) is 14.1 Å². The molecular formula is C18H23AsFNO2. The van der Waals surface area contributed by atoms with Gasteiger partial charge in [-0.15, -0.1) is 0 Å². The van der Waals surface area contributed by atoms with Gasteiger partial charge in [-0.25, -0.2) is 0 Å². The molecule has 5 heteroatoms. The van der Waals surface area contributed by atoms with E-state index in [0.717, 1.165) is 21.4 Å². The zero-order valence-electron chi connectivity index (χ0n) is 13.3. The molecule has 2 aliphatic carbocycles. The Labute approximate surface area is 141 Å². The van der Waals surface area contributed by atoms with Crippen molar-refractivity contribution in [1.82, 2.24) is 0 Å². The van der Waals surface area contributed by atoms with Crippen LogP contribution in [0.15, 0.2) is 12.1 Å². The number of hydrogen-bond donors (Lipinski definition) is 1. The molecule has 1 aromatic carbocycles. The third kappa shape index (κ3) is 2.69. The first-order valence-corrected chi connectivity index (χ1v) is 11.9.